The molecule has 1 N–H and O–H groups in total. The van der Waals surface area contributed by atoms with E-state index in [0.29, 0.717) is 34.9 Å². The summed E-state index contributed by atoms with van der Waals surface area (Å²) in [6.07, 6.45) is 0. The van der Waals surface area contributed by atoms with Crippen LogP contribution in [0.1, 0.15) is 0 Å². The Morgan fingerprint density at radius 2 is 0.566 bits per heavy atom. The molecule has 113 heavy (non-hydrogen) atoms. The van der Waals surface area contributed by atoms with Crippen LogP contribution in [0.3, 0.4) is 0 Å². The fraction of sp³-hybridized carbons (Fsp3) is 0. The van der Waals surface area contributed by atoms with E-state index in [4.69, 9.17) is 38.7 Å². The lowest BCUT2D eigenvalue weighted by Crippen LogP contribution is -2.00. The smallest absolute Gasteiger partial charge is 0.164 e. The van der Waals surface area contributed by atoms with Crippen LogP contribution in [0.2, 0.25) is 0 Å². The Morgan fingerprint density at radius 3 is 1.05 bits per heavy atom. The zero-order chi connectivity index (χ0) is 75.1. The predicted octanol–water partition coefficient (Wildman–Crippen LogP) is 27.4. The third-order valence-corrected chi connectivity index (χ3v) is 21.3. The molecule has 0 spiro atoms. The minimum atomic E-state index is 0.625. The van der Waals surface area contributed by atoms with Crippen molar-refractivity contribution < 1.29 is 8.83 Å². The van der Waals surface area contributed by atoms with Gasteiger partial charge in [0.1, 0.15) is 22.3 Å². The summed E-state index contributed by atoms with van der Waals surface area (Å²) in [6, 6.07) is 134. The lowest BCUT2D eigenvalue weighted by molar-refractivity contribution is 0.672. The quantitative estimate of drug-likeness (QED) is 0.136. The molecule has 0 saturated heterocycles. The van der Waals surface area contributed by atoms with Crippen LogP contribution in [-0.2, 0) is 0 Å². The van der Waals surface area contributed by atoms with Crippen LogP contribution in [-0.4, -0.2) is 39.5 Å². The summed E-state index contributed by atoms with van der Waals surface area (Å²) in [4.78, 5) is 33.2. The minimum Gasteiger partial charge on any atom is -0.455 e. The molecule has 0 fully saturated rings. The number of aromatic nitrogens is 8. The number of hydrogen-bond donors (Lipinski definition) is 1. The van der Waals surface area contributed by atoms with Crippen molar-refractivity contribution in [1.29, 1.82) is 0 Å². The highest BCUT2D eigenvalue weighted by Gasteiger charge is 2.23. The molecule has 0 aliphatic carbocycles. The number of halogens is 1. The van der Waals surface area contributed by atoms with E-state index in [1.807, 2.05) is 164 Å². The maximum absolute atomic E-state index is 6.70. The lowest BCUT2D eigenvalue weighted by Gasteiger charge is -2.11. The summed E-state index contributed by atoms with van der Waals surface area (Å²) in [5.41, 5.74) is 23.8. The van der Waals surface area contributed by atoms with Crippen LogP contribution in [0.5, 0.6) is 0 Å². The summed E-state index contributed by atoms with van der Waals surface area (Å²) in [5.74, 6) is 3.83. The van der Waals surface area contributed by atoms with Crippen molar-refractivity contribution in [1.82, 2.24) is 39.5 Å². The maximum Gasteiger partial charge on any atom is 0.164 e. The van der Waals surface area contributed by atoms with E-state index in [0.717, 1.165) is 153 Å². The Balaban J connectivity index is 0.000000129. The first kappa shape index (κ1) is 67.6. The van der Waals surface area contributed by atoms with Gasteiger partial charge in [-0.05, 0) is 142 Å². The van der Waals surface area contributed by atoms with E-state index in [-0.39, 0.29) is 0 Å². The minimum absolute atomic E-state index is 0.625. The van der Waals surface area contributed by atoms with Crippen LogP contribution < -0.4 is 0 Å². The lowest BCUT2D eigenvalue weighted by atomic mass is 10.00. The van der Waals surface area contributed by atoms with E-state index < -0.39 is 0 Å². The van der Waals surface area contributed by atoms with E-state index in [1.165, 1.54) is 22.3 Å². The van der Waals surface area contributed by atoms with Crippen LogP contribution >= 0.6 is 15.9 Å². The topological polar surface area (TPSA) is 124 Å². The highest BCUT2D eigenvalue weighted by atomic mass is 79.9. The van der Waals surface area contributed by atoms with Crippen LogP contribution in [0.25, 0.3) is 206 Å². The van der Waals surface area contributed by atoms with Gasteiger partial charge in [-0.3, -0.25) is 0 Å². The first-order chi connectivity index (χ1) is 55.9. The van der Waals surface area contributed by atoms with Crippen molar-refractivity contribution in [2.24, 2.45) is 0 Å². The average molecular weight is 1510 g/mol. The third kappa shape index (κ3) is 13.1. The van der Waals surface area contributed by atoms with Gasteiger partial charge in [0.15, 0.2) is 34.9 Å². The summed E-state index contributed by atoms with van der Waals surface area (Å²) < 4.78 is 16.6. The molecule has 0 radical (unpaired) electrons. The molecule has 11 heteroatoms. The largest absolute Gasteiger partial charge is 0.455 e. The van der Waals surface area contributed by atoms with Crippen molar-refractivity contribution in [3.05, 3.63) is 393 Å². The molecule has 532 valence electrons. The standard InChI is InChI=1S/C51H32N4O.C39H24N4O.C12H9Br/c1-4-14-33(15-5-1)37-21-13-23-40(31-37)55-44-28-26-38(32-43(44)47-45(55)29-27-42-41-24-10-11-25-46(41)56-48(42)47)36-20-12-22-39(30-36)51-53-49(34-16-6-2-7-17-34)52-50(54-51)35-18-8-3-9-19-35;1-3-10-24(11-4-1)37-41-38(25-12-5-2-6-13-25)43-39(42-37)28-15-9-14-26(22-28)27-18-20-32-31(23-27)35-33(40-32)21-19-30-29-16-7-8-17-34(29)44-36(30)35;13-12-8-4-7-11(9-12)10-5-2-1-3-6-10/h1-32H;1-23,40H;1-9H. The first-order valence-electron chi connectivity index (χ1n) is 37.6. The Kier molecular flexibility index (Phi) is 17.5. The van der Waals surface area contributed by atoms with Gasteiger partial charge in [-0.15, -0.1) is 0 Å². The second kappa shape index (κ2) is 29.3. The molecular formula is C102H65BrN8O2. The van der Waals surface area contributed by atoms with E-state index in [9.17, 15) is 0 Å². The highest BCUT2D eigenvalue weighted by Crippen LogP contribution is 2.44. The maximum atomic E-state index is 6.70. The molecule has 0 aliphatic rings. The van der Waals surface area contributed by atoms with Crippen molar-refractivity contribution in [3.8, 4) is 119 Å². The van der Waals surface area contributed by atoms with Crippen molar-refractivity contribution in [2.75, 3.05) is 0 Å². The average Bonchev–Trinajstić information content (AvgIpc) is 1.55. The van der Waals surface area contributed by atoms with Gasteiger partial charge in [-0.25, -0.2) is 29.9 Å². The number of aromatic amines is 1. The van der Waals surface area contributed by atoms with Gasteiger partial charge in [0.25, 0.3) is 0 Å². The van der Waals surface area contributed by atoms with Crippen LogP contribution in [0.4, 0.5) is 0 Å². The number of nitrogens with one attached hydrogen (secondary N) is 1. The normalized spacial score (nSPS) is 11.4. The van der Waals surface area contributed by atoms with Gasteiger partial charge >= 0.3 is 0 Å². The molecule has 22 rings (SSSR count). The number of fused-ring (bicyclic) bond motifs is 14. The van der Waals surface area contributed by atoms with Crippen LogP contribution in [0.15, 0.2) is 402 Å². The van der Waals surface area contributed by atoms with Crippen molar-refractivity contribution in [3.63, 3.8) is 0 Å². The van der Waals surface area contributed by atoms with Crippen LogP contribution in [0, 0.1) is 0 Å². The van der Waals surface area contributed by atoms with E-state index >= 15 is 0 Å². The number of nitrogens with zero attached hydrogens (tertiary/aromatic N) is 7. The molecular weight excluding hydrogens is 1450 g/mol. The van der Waals surface area contributed by atoms with Gasteiger partial charge in [-0.2, -0.15) is 0 Å². The molecule has 0 amide bonds. The van der Waals surface area contributed by atoms with Gasteiger partial charge in [0, 0.05) is 81.4 Å². The molecule has 0 aliphatic heterocycles. The van der Waals surface area contributed by atoms with Gasteiger partial charge in [0.2, 0.25) is 0 Å². The molecule has 10 nitrogen and oxygen atoms in total. The molecule has 0 saturated carbocycles. The summed E-state index contributed by atoms with van der Waals surface area (Å²) >= 11 is 3.46. The van der Waals surface area contributed by atoms with E-state index in [1.54, 1.807) is 0 Å². The summed E-state index contributed by atoms with van der Waals surface area (Å²) in [6.45, 7) is 0. The SMILES string of the molecule is Brc1cccc(-c2ccccc2)c1.c1ccc(-c2cccc(-n3c4ccc(-c5cccc(-c6nc(-c7ccccc7)nc(-c7ccccc7)n6)c5)cc4c4c5oc6ccccc6c5ccc43)c2)cc1.c1ccc(-c2nc(-c3ccccc3)nc(-c3cccc(-c4ccc5[nH]c6ccc7c8ccccc8oc7c6c5c4)c3)n2)cc1. The number of para-hydroxylation sites is 2. The molecule has 0 bridgehead atoms. The fourth-order valence-corrected chi connectivity index (χ4v) is 15.8. The Bertz CT molecular complexity index is 7190. The van der Waals surface area contributed by atoms with Gasteiger partial charge in [0.05, 0.1) is 27.3 Å². The molecule has 0 atom stereocenters. The van der Waals surface area contributed by atoms with E-state index in [2.05, 4.69) is 250 Å². The molecule has 16 aromatic carbocycles. The molecule has 0 unspecified atom stereocenters. The second-order valence-electron chi connectivity index (χ2n) is 27.9. The number of H-pyrrole nitrogens is 1. The first-order valence-corrected chi connectivity index (χ1v) is 38.4. The summed E-state index contributed by atoms with van der Waals surface area (Å²) in [5, 5.41) is 8.92. The van der Waals surface area contributed by atoms with Crippen molar-refractivity contribution >= 4 is 103 Å². The fourth-order valence-electron chi connectivity index (χ4n) is 15.4. The summed E-state index contributed by atoms with van der Waals surface area (Å²) in [7, 11) is 0. The predicted molar refractivity (Wildman–Crippen MR) is 466 cm³/mol. The highest BCUT2D eigenvalue weighted by molar-refractivity contribution is 9.10. The Morgan fingerprint density at radius 1 is 0.221 bits per heavy atom. The molecule has 6 heterocycles. The molecule has 22 aromatic rings. The zero-order valence-electron chi connectivity index (χ0n) is 60.8. The second-order valence-corrected chi connectivity index (χ2v) is 28.8. The number of furan rings is 2. The zero-order valence-corrected chi connectivity index (χ0v) is 62.4. The molecule has 6 aromatic heterocycles. The Labute approximate surface area is 658 Å². The monoisotopic (exact) mass is 1510 g/mol. The Hall–Kier alpha value is -14.8. The third-order valence-electron chi connectivity index (χ3n) is 20.8. The van der Waals surface area contributed by atoms with Gasteiger partial charge in [-0.1, -0.05) is 307 Å². The number of hydrogen-bond acceptors (Lipinski definition) is 8. The van der Waals surface area contributed by atoms with Crippen molar-refractivity contribution in [2.45, 2.75) is 0 Å². The van der Waals surface area contributed by atoms with Gasteiger partial charge < -0.3 is 18.4 Å². The number of benzene rings is 16. The number of rotatable bonds is 11.